The molecule has 1 aliphatic carbocycles. The summed E-state index contributed by atoms with van der Waals surface area (Å²) < 4.78 is 0. The van der Waals surface area contributed by atoms with Gasteiger partial charge >= 0.3 is 0 Å². The molecule has 0 fully saturated rings. The van der Waals surface area contributed by atoms with E-state index in [-0.39, 0.29) is 0 Å². The lowest BCUT2D eigenvalue weighted by Crippen LogP contribution is -2.39. The fourth-order valence-corrected chi connectivity index (χ4v) is 4.15. The first kappa shape index (κ1) is 13.8. The molecule has 0 amide bonds. The van der Waals surface area contributed by atoms with Crippen LogP contribution in [0.2, 0.25) is 0 Å². The molecule has 0 saturated heterocycles. The van der Waals surface area contributed by atoms with Gasteiger partial charge in [-0.3, -0.25) is 4.90 Å². The van der Waals surface area contributed by atoms with Gasteiger partial charge in [0.05, 0.1) is 0 Å². The topological polar surface area (TPSA) is 23.5 Å². The van der Waals surface area contributed by atoms with Crippen LogP contribution in [0.5, 0.6) is 5.75 Å². The van der Waals surface area contributed by atoms with E-state index < -0.39 is 0 Å². The Bertz CT molecular complexity index is 707. The van der Waals surface area contributed by atoms with Crippen LogP contribution in [0.15, 0.2) is 36.4 Å². The number of phenolic OH excluding ortho intramolecular Hbond substituents is 1. The highest BCUT2D eigenvalue weighted by molar-refractivity contribution is 5.80. The van der Waals surface area contributed by atoms with Gasteiger partial charge in [-0.25, -0.2) is 0 Å². The minimum absolute atomic E-state index is 0.437. The zero-order chi connectivity index (χ0) is 15.1. The van der Waals surface area contributed by atoms with Crippen LogP contribution < -0.4 is 0 Å². The highest BCUT2D eigenvalue weighted by atomic mass is 16.3. The Kier molecular flexibility index (Phi) is 3.42. The number of rotatable bonds is 3. The Morgan fingerprint density at radius 3 is 2.86 bits per heavy atom. The van der Waals surface area contributed by atoms with Crippen molar-refractivity contribution in [2.45, 2.75) is 38.6 Å². The molecule has 1 aliphatic heterocycles. The second-order valence-electron chi connectivity index (χ2n) is 6.55. The van der Waals surface area contributed by atoms with Crippen LogP contribution >= 0.6 is 0 Å². The van der Waals surface area contributed by atoms with Gasteiger partial charge in [-0.2, -0.15) is 0 Å². The quantitative estimate of drug-likeness (QED) is 0.911. The minimum Gasteiger partial charge on any atom is -0.507 e. The molecule has 2 nitrogen and oxygen atoms in total. The highest BCUT2D eigenvalue weighted by Gasteiger charge is 2.35. The molecule has 2 heteroatoms. The molecule has 1 heterocycles. The normalized spacial score (nSPS) is 19.6. The predicted molar refractivity (Wildman–Crippen MR) is 90.2 cm³/mol. The summed E-state index contributed by atoms with van der Waals surface area (Å²) in [7, 11) is 0. The van der Waals surface area contributed by atoms with Crippen molar-refractivity contribution in [3.8, 4) is 16.9 Å². The third kappa shape index (κ3) is 2.05. The van der Waals surface area contributed by atoms with Crippen molar-refractivity contribution >= 4 is 0 Å². The maximum Gasteiger partial charge on any atom is 0.123 e. The maximum absolute atomic E-state index is 10.5. The van der Waals surface area contributed by atoms with Gasteiger partial charge in [-0.1, -0.05) is 43.7 Å². The lowest BCUT2D eigenvalue weighted by atomic mass is 9.76. The van der Waals surface area contributed by atoms with Crippen LogP contribution in [-0.4, -0.2) is 23.1 Å². The van der Waals surface area contributed by atoms with E-state index in [1.54, 1.807) is 0 Å². The van der Waals surface area contributed by atoms with E-state index in [4.69, 9.17) is 0 Å². The van der Waals surface area contributed by atoms with Crippen molar-refractivity contribution < 1.29 is 5.11 Å². The number of phenols is 1. The van der Waals surface area contributed by atoms with Crippen molar-refractivity contribution in [2.24, 2.45) is 0 Å². The third-order valence-corrected chi connectivity index (χ3v) is 5.26. The van der Waals surface area contributed by atoms with Gasteiger partial charge in [0.25, 0.3) is 0 Å². The van der Waals surface area contributed by atoms with E-state index in [2.05, 4.69) is 42.2 Å². The van der Waals surface area contributed by atoms with Gasteiger partial charge in [0.1, 0.15) is 5.75 Å². The van der Waals surface area contributed by atoms with Gasteiger partial charge in [0.15, 0.2) is 0 Å². The van der Waals surface area contributed by atoms with Crippen LogP contribution in [0.4, 0.5) is 0 Å². The lowest BCUT2D eigenvalue weighted by molar-refractivity contribution is 0.179. The lowest BCUT2D eigenvalue weighted by Gasteiger charge is -2.42. The fraction of sp³-hybridized carbons (Fsp3) is 0.400. The molecule has 1 atom stereocenters. The molecule has 2 aromatic carbocycles. The van der Waals surface area contributed by atoms with Crippen molar-refractivity contribution in [2.75, 3.05) is 13.1 Å². The van der Waals surface area contributed by atoms with Crippen molar-refractivity contribution in [3.63, 3.8) is 0 Å². The number of hydrogen-bond acceptors (Lipinski definition) is 2. The molecule has 2 aliphatic rings. The van der Waals surface area contributed by atoms with Crippen LogP contribution in [0, 0.1) is 0 Å². The average Bonchev–Trinajstić information content (AvgIpc) is 2.56. The molecule has 114 valence electrons. The van der Waals surface area contributed by atoms with E-state index in [0.29, 0.717) is 11.8 Å². The monoisotopic (exact) mass is 293 g/mol. The van der Waals surface area contributed by atoms with Gasteiger partial charge in [-0.05, 0) is 54.1 Å². The largest absolute Gasteiger partial charge is 0.507 e. The summed E-state index contributed by atoms with van der Waals surface area (Å²) in [6.07, 6.45) is 4.66. The number of benzene rings is 2. The second kappa shape index (κ2) is 5.44. The number of hydrogen-bond donors (Lipinski definition) is 1. The maximum atomic E-state index is 10.5. The Hall–Kier alpha value is -1.80. The number of nitrogens with zero attached hydrogens (tertiary/aromatic N) is 1. The van der Waals surface area contributed by atoms with Gasteiger partial charge in [0.2, 0.25) is 0 Å². The zero-order valence-electron chi connectivity index (χ0n) is 13.2. The van der Waals surface area contributed by atoms with E-state index in [1.807, 2.05) is 6.07 Å². The first-order valence-electron chi connectivity index (χ1n) is 8.46. The molecule has 0 bridgehead atoms. The number of unbranched alkanes of at least 4 members (excludes halogenated alkanes) is 1. The average molecular weight is 293 g/mol. The minimum atomic E-state index is 0.437. The van der Waals surface area contributed by atoms with Gasteiger partial charge in [-0.15, -0.1) is 0 Å². The van der Waals surface area contributed by atoms with E-state index in [0.717, 1.165) is 31.5 Å². The Morgan fingerprint density at radius 1 is 1.14 bits per heavy atom. The number of aromatic hydroxyl groups is 1. The first-order chi connectivity index (χ1) is 10.8. The molecule has 4 rings (SSSR count). The predicted octanol–water partition coefficient (Wildman–Crippen LogP) is 4.31. The van der Waals surface area contributed by atoms with Crippen LogP contribution in [-0.2, 0) is 12.8 Å². The summed E-state index contributed by atoms with van der Waals surface area (Å²) in [5.74, 6) is 0.438. The molecule has 1 unspecified atom stereocenters. The summed E-state index contributed by atoms with van der Waals surface area (Å²) in [5, 5.41) is 10.5. The summed E-state index contributed by atoms with van der Waals surface area (Å²) in [6.45, 7) is 4.56. The zero-order valence-corrected chi connectivity index (χ0v) is 13.2. The summed E-state index contributed by atoms with van der Waals surface area (Å²) in [5.41, 5.74) is 6.51. The molecular formula is C20H23NO. The molecule has 0 saturated carbocycles. The summed E-state index contributed by atoms with van der Waals surface area (Å²) in [4.78, 5) is 2.63. The summed E-state index contributed by atoms with van der Waals surface area (Å²) in [6, 6.07) is 13.0. The second-order valence-corrected chi connectivity index (χ2v) is 6.55. The van der Waals surface area contributed by atoms with Crippen LogP contribution in [0.1, 0.15) is 42.5 Å². The SMILES string of the molecule is CCCCN1CCc2ccc(O)c3c2C1Cc1ccccc1-3. The van der Waals surface area contributed by atoms with Gasteiger partial charge in [0, 0.05) is 18.2 Å². The van der Waals surface area contributed by atoms with Gasteiger partial charge < -0.3 is 5.11 Å². The van der Waals surface area contributed by atoms with Crippen molar-refractivity contribution in [1.29, 1.82) is 0 Å². The van der Waals surface area contributed by atoms with E-state index in [1.165, 1.54) is 35.1 Å². The van der Waals surface area contributed by atoms with Crippen LogP contribution in [0.25, 0.3) is 11.1 Å². The third-order valence-electron chi connectivity index (χ3n) is 5.26. The molecular weight excluding hydrogens is 270 g/mol. The molecule has 22 heavy (non-hydrogen) atoms. The fourth-order valence-electron chi connectivity index (χ4n) is 4.15. The van der Waals surface area contributed by atoms with Crippen molar-refractivity contribution in [3.05, 3.63) is 53.1 Å². The number of fused-ring (bicyclic) bond motifs is 2. The Labute approximate surface area is 132 Å². The first-order valence-corrected chi connectivity index (χ1v) is 8.46. The van der Waals surface area contributed by atoms with Crippen molar-refractivity contribution in [1.82, 2.24) is 4.90 Å². The highest BCUT2D eigenvalue weighted by Crippen LogP contribution is 2.48. The Balaban J connectivity index is 1.87. The van der Waals surface area contributed by atoms with E-state index >= 15 is 0 Å². The molecule has 0 spiro atoms. The molecule has 0 radical (unpaired) electrons. The standard InChI is InChI=1S/C20H23NO/c1-2-3-11-21-12-10-14-8-9-18(22)20-16-7-5-4-6-15(16)13-17(21)19(14)20/h4-9,17,22H,2-3,10-13H2,1H3. The van der Waals surface area contributed by atoms with Crippen LogP contribution in [0.3, 0.4) is 0 Å². The molecule has 1 N–H and O–H groups in total. The molecule has 0 aromatic heterocycles. The van der Waals surface area contributed by atoms with E-state index in [9.17, 15) is 5.11 Å². The molecule has 2 aromatic rings. The smallest absolute Gasteiger partial charge is 0.123 e. The Morgan fingerprint density at radius 2 is 2.00 bits per heavy atom. The summed E-state index contributed by atoms with van der Waals surface area (Å²) >= 11 is 0.